The summed E-state index contributed by atoms with van der Waals surface area (Å²) in [5.41, 5.74) is 0. The maximum absolute atomic E-state index is 13.0. The number of rotatable bonds is 82. The van der Waals surface area contributed by atoms with Crippen molar-refractivity contribution >= 4 is 33.6 Å². The van der Waals surface area contributed by atoms with Crippen molar-refractivity contribution in [2.75, 3.05) is 39.6 Å². The van der Waals surface area contributed by atoms with Crippen molar-refractivity contribution in [3.05, 3.63) is 134 Å². The van der Waals surface area contributed by atoms with E-state index in [1.807, 2.05) is 0 Å². The van der Waals surface area contributed by atoms with Gasteiger partial charge < -0.3 is 34.2 Å². The molecule has 0 bridgehead atoms. The van der Waals surface area contributed by atoms with Gasteiger partial charge in [0.25, 0.3) is 0 Å². The molecule has 0 fully saturated rings. The van der Waals surface area contributed by atoms with Crippen molar-refractivity contribution in [3.8, 4) is 0 Å². The fourth-order valence-corrected chi connectivity index (χ4v) is 13.3. The van der Waals surface area contributed by atoms with Crippen molar-refractivity contribution in [3.63, 3.8) is 0 Å². The number of carbonyl (C=O) groups is 3. The Morgan fingerprint density at radius 1 is 0.266 bits per heavy atom. The van der Waals surface area contributed by atoms with Gasteiger partial charge in [-0.25, -0.2) is 9.13 Å². The number of hydrogen-bond acceptors (Lipinski definition) is 14. The van der Waals surface area contributed by atoms with E-state index in [1.54, 1.807) is 0 Å². The first-order chi connectivity index (χ1) is 53.2. The van der Waals surface area contributed by atoms with Gasteiger partial charge in [0.05, 0.1) is 26.4 Å². The molecule has 0 saturated heterocycles. The Kier molecular flexibility index (Phi) is 79.8. The number of phosphoric ester groups is 2. The van der Waals surface area contributed by atoms with Crippen LogP contribution >= 0.6 is 15.6 Å². The third kappa shape index (κ3) is 84.4. The van der Waals surface area contributed by atoms with Crippen LogP contribution in [-0.4, -0.2) is 95.9 Å². The van der Waals surface area contributed by atoms with E-state index in [1.165, 1.54) is 167 Å². The Morgan fingerprint density at radius 2 is 0.486 bits per heavy atom. The number of allylic oxidation sites excluding steroid dienone is 22. The molecule has 0 aromatic heterocycles. The Balaban J connectivity index is 4.49. The largest absolute Gasteiger partial charge is 0.472 e. The monoisotopic (exact) mass is 1570 g/mol. The smallest absolute Gasteiger partial charge is 0.463 e. The lowest BCUT2D eigenvalue weighted by atomic mass is 10.0. The quantitative estimate of drug-likeness (QED) is 0.0146. The third-order valence-electron chi connectivity index (χ3n) is 18.3. The molecule has 0 aliphatic carbocycles. The molecule has 0 amide bonds. The summed E-state index contributed by atoms with van der Waals surface area (Å²) in [6.07, 6.45) is 102. The number of hydrogen-bond donors (Lipinski definition) is 4. The van der Waals surface area contributed by atoms with Crippen LogP contribution in [0, 0.1) is 0 Å². The average Bonchev–Trinajstić information content (AvgIpc) is 0.904. The zero-order valence-corrected chi connectivity index (χ0v) is 70.7. The highest BCUT2D eigenvalue weighted by molar-refractivity contribution is 7.47. The maximum atomic E-state index is 13.0. The van der Waals surface area contributed by atoms with Crippen molar-refractivity contribution in [2.24, 2.45) is 0 Å². The van der Waals surface area contributed by atoms with Crippen molar-refractivity contribution < 1.29 is 75.8 Å². The van der Waals surface area contributed by atoms with Crippen LogP contribution in [0.4, 0.5) is 0 Å². The van der Waals surface area contributed by atoms with Crippen molar-refractivity contribution in [1.29, 1.82) is 0 Å². The van der Waals surface area contributed by atoms with Gasteiger partial charge in [0.2, 0.25) is 0 Å². The molecule has 0 aromatic rings. The number of phosphoric acid groups is 2. The molecule has 0 aliphatic heterocycles. The van der Waals surface area contributed by atoms with E-state index >= 15 is 0 Å². The summed E-state index contributed by atoms with van der Waals surface area (Å²) in [4.78, 5) is 58.8. The summed E-state index contributed by atoms with van der Waals surface area (Å²) in [5.74, 6) is -1.59. The van der Waals surface area contributed by atoms with Gasteiger partial charge in [-0.3, -0.25) is 32.5 Å². The van der Waals surface area contributed by atoms with Crippen LogP contribution in [0.15, 0.2) is 134 Å². The number of ether oxygens (including phenoxy) is 3. The maximum Gasteiger partial charge on any atom is 0.472 e. The summed E-state index contributed by atoms with van der Waals surface area (Å²) in [7, 11) is -9.80. The van der Waals surface area contributed by atoms with E-state index in [4.69, 9.17) is 32.3 Å². The Hall–Kier alpha value is -4.31. The van der Waals surface area contributed by atoms with Gasteiger partial charge in [-0.15, -0.1) is 0 Å². The second kappa shape index (κ2) is 83.1. The predicted molar refractivity (Wildman–Crippen MR) is 454 cm³/mol. The van der Waals surface area contributed by atoms with Gasteiger partial charge in [-0.05, 0) is 141 Å². The third-order valence-corrected chi connectivity index (χ3v) is 20.2. The number of carbonyl (C=O) groups excluding carboxylic acids is 3. The minimum absolute atomic E-state index is 0.0826. The van der Waals surface area contributed by atoms with Gasteiger partial charge in [0.15, 0.2) is 6.10 Å². The van der Waals surface area contributed by atoms with Gasteiger partial charge in [-0.2, -0.15) is 0 Å². The Labute approximate surface area is 665 Å². The molecule has 0 radical (unpaired) electrons. The van der Waals surface area contributed by atoms with Crippen LogP contribution < -0.4 is 0 Å². The van der Waals surface area contributed by atoms with E-state index in [0.29, 0.717) is 19.3 Å². The number of esters is 3. The van der Waals surface area contributed by atoms with Crippen LogP contribution in [0.25, 0.3) is 0 Å². The van der Waals surface area contributed by atoms with E-state index in [0.717, 1.165) is 141 Å². The number of aliphatic hydroxyl groups excluding tert-OH is 2. The molecule has 628 valence electrons. The molecule has 4 N–H and O–H groups in total. The Bertz CT molecular complexity index is 2510. The summed E-state index contributed by atoms with van der Waals surface area (Å²) >= 11 is 0. The molecule has 0 aromatic carbocycles. The van der Waals surface area contributed by atoms with Crippen LogP contribution in [0.2, 0.25) is 0 Å². The molecule has 109 heavy (non-hydrogen) atoms. The lowest BCUT2D eigenvalue weighted by Gasteiger charge is -2.21. The molecule has 5 unspecified atom stereocenters. The molecular weight excluding hydrogens is 1410 g/mol. The second-order valence-corrected chi connectivity index (χ2v) is 31.9. The molecule has 0 spiro atoms. The molecule has 0 heterocycles. The highest BCUT2D eigenvalue weighted by Crippen LogP contribution is 2.45. The second-order valence-electron chi connectivity index (χ2n) is 29.0. The van der Waals surface area contributed by atoms with Crippen LogP contribution in [0.5, 0.6) is 0 Å². The molecule has 18 heteroatoms. The highest BCUT2D eigenvalue weighted by Gasteiger charge is 2.29. The minimum atomic E-state index is -4.94. The van der Waals surface area contributed by atoms with Crippen molar-refractivity contribution in [2.45, 2.75) is 386 Å². The SMILES string of the molecule is CC/C=C\C/C=C\C/C=C\CCCCCCCC(=O)OC(COC(=O)CCCCCCCCCCCCC/C=C\C/C=C\C/C=C\C/C=C\CCCCC)COP(=O)(O)OCC(O)COP(=O)(O)OCC(O)COC(=O)CCCCCCCCCCCCCCCCC/C=C\C/C=C\C/C=C\C/C=C\CCCCC. The molecule has 16 nitrogen and oxygen atoms in total. The number of unbranched alkanes of at least 4 members (excludes halogenated alkanes) is 37. The fourth-order valence-electron chi connectivity index (χ4n) is 11.7. The lowest BCUT2D eigenvalue weighted by molar-refractivity contribution is -0.161. The normalized spacial score (nSPS) is 14.5. The van der Waals surface area contributed by atoms with E-state index in [-0.39, 0.29) is 19.3 Å². The van der Waals surface area contributed by atoms with Crippen LogP contribution in [-0.2, 0) is 55.8 Å². The summed E-state index contributed by atoms with van der Waals surface area (Å²) in [6.45, 7) is 2.53. The van der Waals surface area contributed by atoms with E-state index in [9.17, 15) is 43.5 Å². The molecule has 0 aliphatic rings. The standard InChI is InChI=1S/C91H158O16P2/c1-4-7-10-13-16-19-22-25-28-30-32-34-36-38-40-41-42-43-45-47-48-50-52-54-57-59-62-65-68-71-74-77-89(94)101-80-86(92)81-103-108(97,98)104-82-87(93)83-105-109(99,100)106-85-88(107-91(96)79-76-73-70-67-64-61-56-27-24-21-18-15-12-9-6-3)84-102-90(95)78-75-72-69-66-63-60-58-55-53-51-49-46-44-39-37-35-33-31-29-26-23-20-17-14-11-8-5-2/h9,12,16-21,25-29,32-35,38-40,44,56,86-88,92-93H,4-8,10-11,13-15,22-24,30-31,36-37,41-43,45-55,57-85H2,1-3H3,(H,97,98)(H,99,100)/b12-9-,19-16-,20-17-,21-18-,28-25-,29-26-,34-32-,35-33-,40-38-,44-39-,56-27-. The molecule has 0 saturated carbocycles. The molecule has 5 atom stereocenters. The molecular formula is C91H158O16P2. The summed E-state index contributed by atoms with van der Waals surface area (Å²) in [6, 6.07) is 0. The highest BCUT2D eigenvalue weighted by atomic mass is 31.2. The number of aliphatic hydroxyl groups is 2. The topological polar surface area (TPSA) is 231 Å². The van der Waals surface area contributed by atoms with Crippen LogP contribution in [0.1, 0.15) is 367 Å². The van der Waals surface area contributed by atoms with E-state index < -0.39 is 91.5 Å². The van der Waals surface area contributed by atoms with Crippen LogP contribution in [0.3, 0.4) is 0 Å². The minimum Gasteiger partial charge on any atom is -0.463 e. The predicted octanol–water partition coefficient (Wildman–Crippen LogP) is 26.2. The summed E-state index contributed by atoms with van der Waals surface area (Å²) < 4.78 is 61.3. The summed E-state index contributed by atoms with van der Waals surface area (Å²) in [5, 5.41) is 20.7. The van der Waals surface area contributed by atoms with E-state index in [2.05, 4.69) is 154 Å². The lowest BCUT2D eigenvalue weighted by Crippen LogP contribution is -2.30. The van der Waals surface area contributed by atoms with Gasteiger partial charge >= 0.3 is 33.6 Å². The van der Waals surface area contributed by atoms with Gasteiger partial charge in [-0.1, -0.05) is 341 Å². The molecule has 0 rings (SSSR count). The zero-order valence-electron chi connectivity index (χ0n) is 68.9. The first-order valence-electron chi connectivity index (χ1n) is 43.5. The Morgan fingerprint density at radius 3 is 0.771 bits per heavy atom. The van der Waals surface area contributed by atoms with Gasteiger partial charge in [0, 0.05) is 19.3 Å². The zero-order chi connectivity index (χ0) is 79.4. The first kappa shape index (κ1) is 105. The first-order valence-corrected chi connectivity index (χ1v) is 46.5. The van der Waals surface area contributed by atoms with Gasteiger partial charge in [0.1, 0.15) is 25.4 Å². The average molecular weight is 1570 g/mol. The van der Waals surface area contributed by atoms with Crippen molar-refractivity contribution in [1.82, 2.24) is 0 Å². The fraction of sp³-hybridized carbons (Fsp3) is 0.725.